The Labute approximate surface area is 224 Å². The van der Waals surface area contributed by atoms with Gasteiger partial charge in [0.1, 0.15) is 40.9 Å². The second-order valence-electron chi connectivity index (χ2n) is 10.0. The van der Waals surface area contributed by atoms with Crippen LogP contribution in [0.15, 0.2) is 43.0 Å². The molecule has 2 aliphatic rings. The molecule has 2 unspecified atom stereocenters. The number of carbonyl (C=O) groups excluding carboxylic acids is 1. The average molecular weight is 563 g/mol. The zero-order chi connectivity index (χ0) is 28.0. The third-order valence-corrected chi connectivity index (χ3v) is 8.27. The highest BCUT2D eigenvalue weighted by atomic mass is 31.2. The molecular formula is C24H31N6O8P. The summed E-state index contributed by atoms with van der Waals surface area (Å²) in [7, 11) is -4.21. The lowest BCUT2D eigenvalue weighted by molar-refractivity contribution is -0.209. The first-order valence-corrected chi connectivity index (χ1v) is 13.9. The van der Waals surface area contributed by atoms with Gasteiger partial charge in [-0.2, -0.15) is 5.09 Å². The van der Waals surface area contributed by atoms with Crippen LogP contribution in [0.3, 0.4) is 0 Å². The van der Waals surface area contributed by atoms with E-state index < -0.39 is 49.9 Å². The van der Waals surface area contributed by atoms with Gasteiger partial charge >= 0.3 is 13.7 Å². The fourth-order valence-corrected chi connectivity index (χ4v) is 6.21. The molecule has 39 heavy (non-hydrogen) atoms. The molecule has 1 aromatic carbocycles. The number of imidazole rings is 1. The van der Waals surface area contributed by atoms with Gasteiger partial charge in [0.25, 0.3) is 0 Å². The summed E-state index contributed by atoms with van der Waals surface area (Å²) in [5.74, 6) is -0.191. The molecule has 0 spiro atoms. The van der Waals surface area contributed by atoms with E-state index in [4.69, 9.17) is 29.0 Å². The van der Waals surface area contributed by atoms with Gasteiger partial charge in [0.15, 0.2) is 17.7 Å². The number of aliphatic hydroxyl groups is 1. The highest BCUT2D eigenvalue weighted by Gasteiger charge is 2.69. The molecule has 2 saturated heterocycles. The number of benzene rings is 1. The van der Waals surface area contributed by atoms with E-state index in [0.717, 1.165) is 0 Å². The number of rotatable bonds is 10. The number of hydrogen-bond donors (Lipinski definition) is 3. The van der Waals surface area contributed by atoms with Gasteiger partial charge in [-0.3, -0.25) is 13.9 Å². The lowest BCUT2D eigenvalue weighted by atomic mass is 9.92. The zero-order valence-electron chi connectivity index (χ0n) is 21.9. The number of para-hydroxylation sites is 1. The van der Waals surface area contributed by atoms with Crippen LogP contribution in [0.4, 0.5) is 5.82 Å². The maximum absolute atomic E-state index is 13.9. The normalized spacial score (nSPS) is 28.5. The molecule has 2 bridgehead atoms. The van der Waals surface area contributed by atoms with Crippen LogP contribution in [0.2, 0.25) is 0 Å². The van der Waals surface area contributed by atoms with Crippen molar-refractivity contribution in [3.05, 3.63) is 43.0 Å². The Morgan fingerprint density at radius 3 is 2.74 bits per heavy atom. The Balaban J connectivity index is 1.39. The molecule has 2 fully saturated rings. The quantitative estimate of drug-likeness (QED) is 0.241. The molecule has 6 atom stereocenters. The maximum atomic E-state index is 13.9. The van der Waals surface area contributed by atoms with E-state index in [0.29, 0.717) is 11.2 Å². The number of aromatic nitrogens is 4. The second-order valence-corrected chi connectivity index (χ2v) is 11.7. The SMILES string of the molecule is CC(C)OC(=O)C(C)NP(=O)(OC[C@]12CO[C@](C)([C@@H]1O)[C@H](n1cnc3c(N)ncnc31)O2)Oc1ccccc1. The third-order valence-electron chi connectivity index (χ3n) is 6.65. The van der Waals surface area contributed by atoms with E-state index in [2.05, 4.69) is 20.0 Å². The van der Waals surface area contributed by atoms with Crippen molar-refractivity contribution in [1.82, 2.24) is 24.6 Å². The first-order chi connectivity index (χ1) is 18.5. The molecule has 4 heterocycles. The largest absolute Gasteiger partial charge is 0.462 e. The minimum atomic E-state index is -4.21. The summed E-state index contributed by atoms with van der Waals surface area (Å²) in [5, 5.41) is 14.0. The first-order valence-electron chi connectivity index (χ1n) is 12.4. The Hall–Kier alpha value is -3.13. The molecule has 0 aliphatic carbocycles. The highest BCUT2D eigenvalue weighted by Crippen LogP contribution is 2.55. The number of nitrogens with zero attached hydrogens (tertiary/aromatic N) is 4. The van der Waals surface area contributed by atoms with Gasteiger partial charge in [-0.05, 0) is 39.8 Å². The summed E-state index contributed by atoms with van der Waals surface area (Å²) in [6, 6.07) is 7.32. The van der Waals surface area contributed by atoms with Crippen molar-refractivity contribution in [2.45, 2.75) is 63.4 Å². The number of hydrogen-bond acceptors (Lipinski definition) is 12. The van der Waals surface area contributed by atoms with Gasteiger partial charge < -0.3 is 29.6 Å². The molecule has 0 amide bonds. The molecule has 3 aromatic rings. The number of nitrogens with one attached hydrogen (secondary N) is 1. The van der Waals surface area contributed by atoms with Crippen LogP contribution in [-0.2, 0) is 28.1 Å². The standard InChI is InChI=1S/C24H31N6O8P/c1-14(2)36-20(31)15(3)29-39(33,38-16-8-6-5-7-9-16)35-11-24-10-34-23(4,21(24)32)22(37-24)30-13-28-17-18(25)26-12-27-19(17)30/h5-9,12-15,21-22,32H,10-11H2,1-4H3,(H,29,33)(H2,25,26,27)/t15?,21-,22+,23+,24+,39?/m0/s1. The van der Waals surface area contributed by atoms with E-state index in [1.807, 2.05) is 0 Å². The smallest absolute Gasteiger partial charge is 0.459 e. The molecule has 4 N–H and O–H groups in total. The van der Waals surface area contributed by atoms with E-state index in [1.54, 1.807) is 55.7 Å². The number of anilines is 1. The molecule has 210 valence electrons. The predicted octanol–water partition coefficient (Wildman–Crippen LogP) is 1.96. The van der Waals surface area contributed by atoms with Crippen LogP contribution in [-0.4, -0.2) is 73.3 Å². The molecular weight excluding hydrogens is 531 g/mol. The van der Waals surface area contributed by atoms with E-state index >= 15 is 0 Å². The first kappa shape index (κ1) is 27.4. The van der Waals surface area contributed by atoms with Crippen LogP contribution in [0, 0.1) is 0 Å². The fraction of sp³-hybridized carbons (Fsp3) is 0.500. The summed E-state index contributed by atoms with van der Waals surface area (Å²) in [6.45, 7) is 6.13. The lowest BCUT2D eigenvalue weighted by Crippen LogP contribution is -2.46. The van der Waals surface area contributed by atoms with Gasteiger partial charge in [-0.25, -0.2) is 19.5 Å². The Kier molecular flexibility index (Phi) is 7.12. The Morgan fingerprint density at radius 1 is 1.28 bits per heavy atom. The summed E-state index contributed by atoms with van der Waals surface area (Å²) < 4.78 is 44.6. The van der Waals surface area contributed by atoms with Crippen LogP contribution in [0.25, 0.3) is 11.2 Å². The number of esters is 1. The number of carbonyl (C=O) groups is 1. The van der Waals surface area contributed by atoms with Gasteiger partial charge in [0, 0.05) is 0 Å². The summed E-state index contributed by atoms with van der Waals surface area (Å²) in [4.78, 5) is 24.9. The number of nitrogens with two attached hydrogens (primary N) is 1. The molecule has 2 aromatic heterocycles. The van der Waals surface area contributed by atoms with Crippen molar-refractivity contribution in [2.24, 2.45) is 0 Å². The zero-order valence-corrected chi connectivity index (χ0v) is 22.8. The van der Waals surface area contributed by atoms with Crippen molar-refractivity contribution in [3.8, 4) is 5.75 Å². The van der Waals surface area contributed by atoms with Crippen molar-refractivity contribution in [3.63, 3.8) is 0 Å². The molecule has 2 aliphatic heterocycles. The highest BCUT2D eigenvalue weighted by molar-refractivity contribution is 7.52. The number of fused-ring (bicyclic) bond motifs is 3. The van der Waals surface area contributed by atoms with Crippen LogP contribution < -0.4 is 15.3 Å². The minimum absolute atomic E-state index is 0.0544. The van der Waals surface area contributed by atoms with Crippen LogP contribution in [0.1, 0.15) is 33.9 Å². The molecule has 14 nitrogen and oxygen atoms in total. The van der Waals surface area contributed by atoms with E-state index in [-0.39, 0.29) is 24.3 Å². The van der Waals surface area contributed by atoms with Crippen LogP contribution >= 0.6 is 7.75 Å². The molecule has 0 radical (unpaired) electrons. The maximum Gasteiger partial charge on any atom is 0.459 e. The third kappa shape index (κ3) is 4.99. The van der Waals surface area contributed by atoms with E-state index in [1.165, 1.54) is 19.6 Å². The molecule has 15 heteroatoms. The molecule has 5 rings (SSSR count). The molecule has 0 saturated carbocycles. The predicted molar refractivity (Wildman–Crippen MR) is 137 cm³/mol. The van der Waals surface area contributed by atoms with Gasteiger partial charge in [0.05, 0.1) is 25.6 Å². The van der Waals surface area contributed by atoms with E-state index in [9.17, 15) is 14.5 Å². The summed E-state index contributed by atoms with van der Waals surface area (Å²) >= 11 is 0. The van der Waals surface area contributed by atoms with Crippen molar-refractivity contribution in [1.29, 1.82) is 0 Å². The fourth-order valence-electron chi connectivity index (χ4n) is 4.66. The minimum Gasteiger partial charge on any atom is -0.462 e. The van der Waals surface area contributed by atoms with Crippen LogP contribution in [0.5, 0.6) is 5.75 Å². The van der Waals surface area contributed by atoms with Crippen molar-refractivity contribution >= 4 is 30.7 Å². The van der Waals surface area contributed by atoms with Gasteiger partial charge in [0.2, 0.25) is 0 Å². The monoisotopic (exact) mass is 562 g/mol. The Bertz CT molecular complexity index is 1410. The van der Waals surface area contributed by atoms with Crippen molar-refractivity contribution in [2.75, 3.05) is 18.9 Å². The second kappa shape index (κ2) is 10.1. The number of aliphatic hydroxyl groups excluding tert-OH is 1. The average Bonchev–Trinajstić information content (AvgIpc) is 3.49. The van der Waals surface area contributed by atoms with Crippen molar-refractivity contribution < 1.29 is 37.7 Å². The summed E-state index contributed by atoms with van der Waals surface area (Å²) in [6.07, 6.45) is 0.342. The topological polar surface area (TPSA) is 182 Å². The summed E-state index contributed by atoms with van der Waals surface area (Å²) in [5.41, 5.74) is 4.05. The van der Waals surface area contributed by atoms with Gasteiger partial charge in [-0.15, -0.1) is 0 Å². The Morgan fingerprint density at radius 2 is 2.03 bits per heavy atom. The lowest BCUT2D eigenvalue weighted by Gasteiger charge is -2.34. The number of ether oxygens (including phenoxy) is 3. The number of nitrogen functional groups attached to an aromatic ring is 1. The van der Waals surface area contributed by atoms with Gasteiger partial charge in [-0.1, -0.05) is 18.2 Å².